The molecule has 0 unspecified atom stereocenters. The number of nitrogens with zero attached hydrogens (tertiary/aromatic N) is 1. The van der Waals surface area contributed by atoms with Gasteiger partial charge in [-0.25, -0.2) is 0 Å². The number of fused-ring (bicyclic) bond motifs is 1. The summed E-state index contributed by atoms with van der Waals surface area (Å²) in [7, 11) is 0. The van der Waals surface area contributed by atoms with Gasteiger partial charge in [-0.1, -0.05) is 6.07 Å². The number of carbonyl (C=O) groups is 1. The van der Waals surface area contributed by atoms with E-state index in [1.807, 2.05) is 18.2 Å². The Kier molecular flexibility index (Phi) is 5.61. The second-order valence-electron chi connectivity index (χ2n) is 7.09. The molecule has 0 bridgehead atoms. The zero-order valence-corrected chi connectivity index (χ0v) is 14.7. The second kappa shape index (κ2) is 7.88. The average Bonchev–Trinajstić information content (AvgIpc) is 3.06. The number of aryl methyl sites for hydroxylation is 1. The first-order chi connectivity index (χ1) is 11.6. The van der Waals surface area contributed by atoms with Gasteiger partial charge in [-0.05, 0) is 63.3 Å². The van der Waals surface area contributed by atoms with E-state index in [4.69, 9.17) is 9.47 Å². The lowest BCUT2D eigenvalue weighted by atomic mass is 9.97. The Morgan fingerprint density at radius 1 is 1.33 bits per heavy atom. The molecule has 0 radical (unpaired) electrons. The second-order valence-corrected chi connectivity index (χ2v) is 7.09. The van der Waals surface area contributed by atoms with Crippen LogP contribution in [0.5, 0.6) is 11.5 Å². The van der Waals surface area contributed by atoms with Crippen LogP contribution in [0.1, 0.15) is 38.7 Å². The van der Waals surface area contributed by atoms with Gasteiger partial charge >= 0.3 is 0 Å². The Morgan fingerprint density at radius 2 is 2.17 bits per heavy atom. The minimum atomic E-state index is 0.134. The van der Waals surface area contributed by atoms with Crippen LogP contribution in [0.3, 0.4) is 0 Å². The molecule has 0 aliphatic carbocycles. The first-order valence-electron chi connectivity index (χ1n) is 9.01. The molecule has 1 aromatic rings. The predicted octanol–water partition coefficient (Wildman–Crippen LogP) is 2.58. The van der Waals surface area contributed by atoms with Crippen molar-refractivity contribution in [3.63, 3.8) is 0 Å². The summed E-state index contributed by atoms with van der Waals surface area (Å²) in [6, 6.07) is 6.48. The molecule has 5 nitrogen and oxygen atoms in total. The normalized spacial score (nSPS) is 20.4. The van der Waals surface area contributed by atoms with Crippen molar-refractivity contribution in [3.05, 3.63) is 23.8 Å². The average molecular weight is 332 g/mol. The van der Waals surface area contributed by atoms with Gasteiger partial charge in [-0.3, -0.25) is 4.79 Å². The van der Waals surface area contributed by atoms with E-state index in [0.29, 0.717) is 18.4 Å². The lowest BCUT2D eigenvalue weighted by Gasteiger charge is -2.35. The van der Waals surface area contributed by atoms with E-state index in [1.54, 1.807) is 0 Å². The Hall–Kier alpha value is -1.75. The summed E-state index contributed by atoms with van der Waals surface area (Å²) in [5.74, 6) is 2.28. The minimum Gasteiger partial charge on any atom is -0.454 e. The molecule has 1 amide bonds. The van der Waals surface area contributed by atoms with E-state index in [0.717, 1.165) is 36.6 Å². The lowest BCUT2D eigenvalue weighted by Crippen LogP contribution is -2.43. The molecule has 1 fully saturated rings. The van der Waals surface area contributed by atoms with Crippen molar-refractivity contribution in [1.82, 2.24) is 10.2 Å². The zero-order valence-electron chi connectivity index (χ0n) is 14.7. The highest BCUT2D eigenvalue weighted by Gasteiger charge is 2.22. The fourth-order valence-corrected chi connectivity index (χ4v) is 3.43. The number of likely N-dealkylation sites (tertiary alicyclic amines) is 1. The van der Waals surface area contributed by atoms with Crippen molar-refractivity contribution in [3.8, 4) is 11.5 Å². The van der Waals surface area contributed by atoms with Crippen LogP contribution in [0.4, 0.5) is 0 Å². The van der Waals surface area contributed by atoms with Crippen LogP contribution in [0.25, 0.3) is 0 Å². The van der Waals surface area contributed by atoms with Crippen LogP contribution in [0, 0.1) is 5.92 Å². The molecule has 5 heteroatoms. The summed E-state index contributed by atoms with van der Waals surface area (Å²) in [5.41, 5.74) is 1.11. The van der Waals surface area contributed by atoms with Crippen LogP contribution in [-0.4, -0.2) is 43.3 Å². The number of piperidine rings is 1. The van der Waals surface area contributed by atoms with Gasteiger partial charge in [0.05, 0.1) is 0 Å². The van der Waals surface area contributed by atoms with Gasteiger partial charge in [-0.15, -0.1) is 0 Å². The van der Waals surface area contributed by atoms with Crippen molar-refractivity contribution >= 4 is 5.91 Å². The van der Waals surface area contributed by atoms with Crippen LogP contribution < -0.4 is 14.8 Å². The van der Waals surface area contributed by atoms with E-state index < -0.39 is 0 Å². The van der Waals surface area contributed by atoms with E-state index in [-0.39, 0.29) is 12.7 Å². The first kappa shape index (κ1) is 17.1. The van der Waals surface area contributed by atoms with Gasteiger partial charge in [0.2, 0.25) is 12.7 Å². The van der Waals surface area contributed by atoms with E-state index in [1.165, 1.54) is 19.4 Å². The minimum absolute atomic E-state index is 0.134. The zero-order chi connectivity index (χ0) is 16.9. The number of rotatable bonds is 6. The number of ether oxygens (including phenoxy) is 2. The smallest absolute Gasteiger partial charge is 0.231 e. The molecule has 132 valence electrons. The maximum atomic E-state index is 12.1. The van der Waals surface area contributed by atoms with Crippen LogP contribution >= 0.6 is 0 Å². The summed E-state index contributed by atoms with van der Waals surface area (Å²) in [6.07, 6.45) is 3.69. The van der Waals surface area contributed by atoms with E-state index in [9.17, 15) is 4.79 Å². The monoisotopic (exact) mass is 332 g/mol. The van der Waals surface area contributed by atoms with Gasteiger partial charge in [0.25, 0.3) is 0 Å². The van der Waals surface area contributed by atoms with Crippen molar-refractivity contribution < 1.29 is 14.3 Å². The Morgan fingerprint density at radius 3 is 3.00 bits per heavy atom. The number of nitrogens with one attached hydrogen (secondary N) is 1. The highest BCUT2D eigenvalue weighted by Crippen LogP contribution is 2.32. The summed E-state index contributed by atoms with van der Waals surface area (Å²) in [4.78, 5) is 14.6. The molecule has 3 rings (SSSR count). The van der Waals surface area contributed by atoms with Gasteiger partial charge < -0.3 is 19.7 Å². The largest absolute Gasteiger partial charge is 0.454 e. The quantitative estimate of drug-likeness (QED) is 0.870. The van der Waals surface area contributed by atoms with Gasteiger partial charge in [0.15, 0.2) is 11.5 Å². The SMILES string of the molecule is CC(C)N1CCC[C@@H](CNC(=O)CCc2ccc3c(c2)OCO3)C1. The number of hydrogen-bond acceptors (Lipinski definition) is 4. The maximum Gasteiger partial charge on any atom is 0.231 e. The molecule has 1 aromatic carbocycles. The summed E-state index contributed by atoms with van der Waals surface area (Å²) >= 11 is 0. The number of benzene rings is 1. The van der Waals surface area contributed by atoms with Crippen LogP contribution in [0.2, 0.25) is 0 Å². The highest BCUT2D eigenvalue weighted by molar-refractivity contribution is 5.76. The van der Waals surface area contributed by atoms with Gasteiger partial charge in [-0.2, -0.15) is 0 Å². The standard InChI is InChI=1S/C19H28N2O3/c1-14(2)21-9-3-4-16(12-21)11-20-19(22)8-6-15-5-7-17-18(10-15)24-13-23-17/h5,7,10,14,16H,3-4,6,8-9,11-13H2,1-2H3,(H,20,22)/t16-/m0/s1. The Labute approximate surface area is 144 Å². The fourth-order valence-electron chi connectivity index (χ4n) is 3.43. The third-order valence-corrected chi connectivity index (χ3v) is 4.95. The van der Waals surface area contributed by atoms with Crippen LogP contribution in [-0.2, 0) is 11.2 Å². The third-order valence-electron chi connectivity index (χ3n) is 4.95. The van der Waals surface area contributed by atoms with Gasteiger partial charge in [0.1, 0.15) is 0 Å². The third kappa shape index (κ3) is 4.41. The summed E-state index contributed by atoms with van der Waals surface area (Å²) in [5, 5.41) is 3.11. The number of hydrogen-bond donors (Lipinski definition) is 1. The lowest BCUT2D eigenvalue weighted by molar-refractivity contribution is -0.121. The molecule has 1 N–H and O–H groups in total. The molecule has 1 atom stereocenters. The Balaban J connectivity index is 1.40. The highest BCUT2D eigenvalue weighted by atomic mass is 16.7. The molecule has 2 heterocycles. The van der Waals surface area contributed by atoms with Crippen molar-refractivity contribution in [1.29, 1.82) is 0 Å². The van der Waals surface area contributed by atoms with Crippen LogP contribution in [0.15, 0.2) is 18.2 Å². The van der Waals surface area contributed by atoms with Crippen molar-refractivity contribution in [2.45, 2.75) is 45.6 Å². The molecule has 1 saturated heterocycles. The van der Waals surface area contributed by atoms with Gasteiger partial charge in [0, 0.05) is 25.6 Å². The van der Waals surface area contributed by atoms with E-state index in [2.05, 4.69) is 24.1 Å². The molecule has 0 spiro atoms. The summed E-state index contributed by atoms with van der Waals surface area (Å²) in [6.45, 7) is 7.85. The summed E-state index contributed by atoms with van der Waals surface area (Å²) < 4.78 is 10.7. The number of carbonyl (C=O) groups excluding carboxylic acids is 1. The Bertz CT molecular complexity index is 574. The first-order valence-corrected chi connectivity index (χ1v) is 9.01. The molecule has 2 aliphatic heterocycles. The molecule has 0 aromatic heterocycles. The molecule has 0 saturated carbocycles. The van der Waals surface area contributed by atoms with E-state index >= 15 is 0 Å². The predicted molar refractivity (Wildman–Crippen MR) is 93.3 cm³/mol. The maximum absolute atomic E-state index is 12.1. The fraction of sp³-hybridized carbons (Fsp3) is 0.632. The molecular formula is C19H28N2O3. The number of amides is 1. The molecule has 24 heavy (non-hydrogen) atoms. The topological polar surface area (TPSA) is 50.8 Å². The molecule has 2 aliphatic rings. The molecular weight excluding hydrogens is 304 g/mol. The van der Waals surface area contributed by atoms with Crippen molar-refractivity contribution in [2.75, 3.05) is 26.4 Å². The van der Waals surface area contributed by atoms with Crippen molar-refractivity contribution in [2.24, 2.45) is 5.92 Å².